The lowest BCUT2D eigenvalue weighted by atomic mass is 9.94. The van der Waals surface area contributed by atoms with Gasteiger partial charge in [-0.3, -0.25) is 24.5 Å². The first-order valence-corrected chi connectivity index (χ1v) is 24.3. The Bertz CT molecular complexity index is 983. The van der Waals surface area contributed by atoms with Crippen molar-refractivity contribution >= 4 is 23.8 Å². The summed E-state index contributed by atoms with van der Waals surface area (Å²) in [5.74, 6) is -0.290. The third kappa shape index (κ3) is 34.6. The van der Waals surface area contributed by atoms with Crippen LogP contribution in [0.3, 0.4) is 0 Å². The third-order valence-electron chi connectivity index (χ3n) is 11.1. The highest BCUT2D eigenvalue weighted by Gasteiger charge is 2.22. The molecule has 11 heteroatoms. The van der Waals surface area contributed by atoms with Gasteiger partial charge in [-0.1, -0.05) is 163 Å². The average molecular weight is 824 g/mol. The Hall–Kier alpha value is -2.24. The van der Waals surface area contributed by atoms with Crippen LogP contribution in [0.5, 0.6) is 0 Å². The van der Waals surface area contributed by atoms with Crippen molar-refractivity contribution < 1.29 is 28.7 Å². The minimum absolute atomic E-state index is 0.00765. The van der Waals surface area contributed by atoms with Gasteiger partial charge in [0.2, 0.25) is 11.8 Å². The Kier molecular flexibility index (Phi) is 39.9. The SMILES string of the molecule is CCCCCCCCC(CCCCCC)C(=O)OCCCCCCCCNC(=O)[C@H](CCNC(N)N)NC(=O)CCCCCCCOC(=O)C(CCC)CCCCC. The third-order valence-corrected chi connectivity index (χ3v) is 11.1. The van der Waals surface area contributed by atoms with Crippen molar-refractivity contribution in [2.45, 2.75) is 239 Å². The van der Waals surface area contributed by atoms with Gasteiger partial charge in [0, 0.05) is 19.5 Å². The van der Waals surface area contributed by atoms with Gasteiger partial charge in [-0.15, -0.1) is 0 Å². The van der Waals surface area contributed by atoms with Gasteiger partial charge in [-0.2, -0.15) is 0 Å². The van der Waals surface area contributed by atoms with Crippen molar-refractivity contribution in [2.24, 2.45) is 23.3 Å². The quantitative estimate of drug-likeness (QED) is 0.0228. The normalized spacial score (nSPS) is 12.9. The van der Waals surface area contributed by atoms with E-state index in [2.05, 4.69) is 43.6 Å². The molecule has 0 saturated heterocycles. The summed E-state index contributed by atoms with van der Waals surface area (Å²) in [6, 6.07) is -0.656. The standard InChI is InChI=1S/C47H93N5O6/c1-5-9-12-14-18-25-33-41(32-24-13-10-6-2)46(56)58-39-28-21-16-15-20-27-36-50-44(54)42(35-37-51-47(48)49)52-43(53)34-26-19-17-22-29-38-57-45(55)40(30-8-4)31-23-11-7-3/h40-42,47,51H,5-39,48-49H2,1-4H3,(H,50,54)(H,52,53)/t40?,41?,42-/m0/s1. The molecule has 11 nitrogen and oxygen atoms in total. The van der Waals surface area contributed by atoms with Gasteiger partial charge in [0.1, 0.15) is 12.3 Å². The minimum atomic E-state index is -0.689. The molecular weight excluding hydrogens is 731 g/mol. The van der Waals surface area contributed by atoms with E-state index in [1.54, 1.807) is 0 Å². The van der Waals surface area contributed by atoms with Crippen molar-refractivity contribution in [3.8, 4) is 0 Å². The number of rotatable bonds is 43. The van der Waals surface area contributed by atoms with Crippen molar-refractivity contribution in [2.75, 3.05) is 26.3 Å². The van der Waals surface area contributed by atoms with Crippen LogP contribution in [0.1, 0.15) is 227 Å². The fraction of sp³-hybridized carbons (Fsp3) is 0.915. The number of unbranched alkanes of at least 4 members (excludes halogenated alkanes) is 19. The smallest absolute Gasteiger partial charge is 0.308 e. The molecule has 0 aromatic rings. The minimum Gasteiger partial charge on any atom is -0.465 e. The Morgan fingerprint density at radius 2 is 0.897 bits per heavy atom. The molecule has 0 aliphatic heterocycles. The number of ether oxygens (including phenoxy) is 2. The molecule has 2 amide bonds. The zero-order chi connectivity index (χ0) is 42.9. The lowest BCUT2D eigenvalue weighted by molar-refractivity contribution is -0.150. The maximum absolute atomic E-state index is 13.0. The predicted molar refractivity (Wildman–Crippen MR) is 240 cm³/mol. The van der Waals surface area contributed by atoms with E-state index in [1.807, 2.05) is 0 Å². The van der Waals surface area contributed by atoms with Crippen molar-refractivity contribution in [1.82, 2.24) is 16.0 Å². The number of carbonyl (C=O) groups excluding carboxylic acids is 4. The second-order valence-electron chi connectivity index (χ2n) is 16.7. The largest absolute Gasteiger partial charge is 0.465 e. The molecule has 0 radical (unpaired) electrons. The van der Waals surface area contributed by atoms with Crippen molar-refractivity contribution in [3.63, 3.8) is 0 Å². The summed E-state index contributed by atoms with van der Waals surface area (Å²) in [5.41, 5.74) is 11.2. The van der Waals surface area contributed by atoms with Crippen LogP contribution in [0.2, 0.25) is 0 Å². The van der Waals surface area contributed by atoms with Crippen LogP contribution < -0.4 is 27.4 Å². The molecule has 0 bridgehead atoms. The van der Waals surface area contributed by atoms with Crippen LogP contribution >= 0.6 is 0 Å². The number of nitrogens with one attached hydrogen (secondary N) is 3. The first-order valence-electron chi connectivity index (χ1n) is 24.3. The van der Waals surface area contributed by atoms with Crippen molar-refractivity contribution in [3.05, 3.63) is 0 Å². The van der Waals surface area contributed by atoms with E-state index in [1.165, 1.54) is 51.4 Å². The molecule has 58 heavy (non-hydrogen) atoms. The van der Waals surface area contributed by atoms with E-state index in [0.29, 0.717) is 39.1 Å². The highest BCUT2D eigenvalue weighted by molar-refractivity contribution is 5.87. The van der Waals surface area contributed by atoms with Crippen LogP contribution in [0.4, 0.5) is 0 Å². The fourth-order valence-electron chi connectivity index (χ4n) is 7.44. The maximum Gasteiger partial charge on any atom is 0.308 e. The van der Waals surface area contributed by atoms with Crippen LogP contribution in [0.25, 0.3) is 0 Å². The number of carbonyl (C=O) groups is 4. The summed E-state index contributed by atoms with van der Waals surface area (Å²) in [4.78, 5) is 51.2. The van der Waals surface area contributed by atoms with Crippen LogP contribution in [0, 0.1) is 11.8 Å². The lowest BCUT2D eigenvalue weighted by Gasteiger charge is -2.19. The molecule has 7 N–H and O–H groups in total. The molecule has 2 unspecified atom stereocenters. The number of hydrogen-bond donors (Lipinski definition) is 5. The number of hydrogen-bond acceptors (Lipinski definition) is 9. The molecule has 3 atom stereocenters. The number of amides is 2. The molecule has 0 heterocycles. The van der Waals surface area contributed by atoms with Gasteiger partial charge in [-0.25, -0.2) is 0 Å². The monoisotopic (exact) mass is 824 g/mol. The molecule has 0 aromatic carbocycles. The van der Waals surface area contributed by atoms with Crippen LogP contribution in [0.15, 0.2) is 0 Å². The molecule has 342 valence electrons. The molecule has 0 saturated carbocycles. The van der Waals surface area contributed by atoms with Gasteiger partial charge in [0.15, 0.2) is 0 Å². The molecule has 0 aliphatic rings. The summed E-state index contributed by atoms with van der Waals surface area (Å²) in [5, 5.41) is 8.84. The fourth-order valence-corrected chi connectivity index (χ4v) is 7.44. The summed E-state index contributed by atoms with van der Waals surface area (Å²) in [6.45, 7) is 10.7. The Morgan fingerprint density at radius 3 is 1.43 bits per heavy atom. The Labute approximate surface area is 356 Å². The average Bonchev–Trinajstić information content (AvgIpc) is 3.20. The van der Waals surface area contributed by atoms with Gasteiger partial charge in [0.25, 0.3) is 0 Å². The van der Waals surface area contributed by atoms with E-state index in [0.717, 1.165) is 135 Å². The molecular formula is C47H93N5O6. The summed E-state index contributed by atoms with van der Waals surface area (Å²) in [6.07, 6.45) is 30.7. The van der Waals surface area contributed by atoms with Crippen LogP contribution in [-0.2, 0) is 28.7 Å². The summed E-state index contributed by atoms with van der Waals surface area (Å²) < 4.78 is 11.3. The summed E-state index contributed by atoms with van der Waals surface area (Å²) >= 11 is 0. The van der Waals surface area contributed by atoms with E-state index >= 15 is 0 Å². The number of esters is 2. The Balaban J connectivity index is 4.31. The topological polar surface area (TPSA) is 175 Å². The zero-order valence-electron chi connectivity index (χ0n) is 38.2. The maximum atomic E-state index is 13.0. The lowest BCUT2D eigenvalue weighted by Crippen LogP contribution is -2.51. The van der Waals surface area contributed by atoms with Crippen molar-refractivity contribution in [1.29, 1.82) is 0 Å². The second kappa shape index (κ2) is 41.5. The molecule has 0 spiro atoms. The highest BCUT2D eigenvalue weighted by Crippen LogP contribution is 2.21. The van der Waals surface area contributed by atoms with E-state index < -0.39 is 12.3 Å². The second-order valence-corrected chi connectivity index (χ2v) is 16.7. The summed E-state index contributed by atoms with van der Waals surface area (Å²) in [7, 11) is 0. The van der Waals surface area contributed by atoms with Gasteiger partial charge in [-0.05, 0) is 57.8 Å². The van der Waals surface area contributed by atoms with Gasteiger partial charge >= 0.3 is 11.9 Å². The Morgan fingerprint density at radius 1 is 0.466 bits per heavy atom. The van der Waals surface area contributed by atoms with Gasteiger partial charge < -0.3 is 31.6 Å². The van der Waals surface area contributed by atoms with E-state index in [-0.39, 0.29) is 35.6 Å². The zero-order valence-corrected chi connectivity index (χ0v) is 38.2. The van der Waals surface area contributed by atoms with E-state index in [4.69, 9.17) is 20.9 Å². The van der Waals surface area contributed by atoms with Crippen LogP contribution in [-0.4, -0.2) is 62.4 Å². The van der Waals surface area contributed by atoms with Gasteiger partial charge in [0.05, 0.1) is 25.0 Å². The van der Waals surface area contributed by atoms with E-state index in [9.17, 15) is 19.2 Å². The predicted octanol–water partition coefficient (Wildman–Crippen LogP) is 9.87. The first kappa shape index (κ1) is 55.8. The number of nitrogens with two attached hydrogens (primary N) is 2. The molecule has 0 fully saturated rings. The highest BCUT2D eigenvalue weighted by atomic mass is 16.5. The first-order chi connectivity index (χ1) is 28.2. The molecule has 0 aliphatic carbocycles. The molecule has 0 aromatic heterocycles. The molecule has 0 rings (SSSR count).